The maximum atomic E-state index is 12.3. The lowest BCUT2D eigenvalue weighted by atomic mass is 10.1. The number of anilines is 1. The largest absolute Gasteiger partial charge is 0.455 e. The van der Waals surface area contributed by atoms with Crippen LogP contribution in [0.4, 0.5) is 5.69 Å². The van der Waals surface area contributed by atoms with E-state index in [0.29, 0.717) is 27.7 Å². The number of aryl methyl sites for hydroxylation is 4. The highest BCUT2D eigenvalue weighted by atomic mass is 32.1. The molecule has 0 aliphatic rings. The van der Waals surface area contributed by atoms with E-state index in [-0.39, 0.29) is 18.9 Å². The summed E-state index contributed by atoms with van der Waals surface area (Å²) >= 11 is 1.36. The number of benzene rings is 1. The minimum Gasteiger partial charge on any atom is -0.455 e. The number of esters is 1. The van der Waals surface area contributed by atoms with Gasteiger partial charge in [-0.25, -0.2) is 9.78 Å². The van der Waals surface area contributed by atoms with Crippen molar-refractivity contribution in [3.8, 4) is 0 Å². The normalized spacial score (nSPS) is 10.7. The Morgan fingerprint density at radius 2 is 2.00 bits per heavy atom. The van der Waals surface area contributed by atoms with Crippen molar-refractivity contribution in [3.63, 3.8) is 0 Å². The number of ether oxygens (including phenoxy) is 1. The molecule has 0 atom stereocenters. The van der Waals surface area contributed by atoms with Crippen LogP contribution in [-0.2, 0) is 22.6 Å². The van der Waals surface area contributed by atoms with Gasteiger partial charge in [-0.15, -0.1) is 11.3 Å². The van der Waals surface area contributed by atoms with Crippen LogP contribution >= 0.6 is 11.3 Å². The molecule has 0 bridgehead atoms. The quantitative estimate of drug-likeness (QED) is 0.632. The van der Waals surface area contributed by atoms with Crippen LogP contribution in [0.1, 0.15) is 43.6 Å². The molecule has 0 aliphatic heterocycles. The molecule has 1 amide bonds. The molecular formula is C20H21N3O4S. The average Bonchev–Trinajstić information content (AvgIpc) is 3.22. The number of hydrogen-bond acceptors (Lipinski definition) is 7. The zero-order chi connectivity index (χ0) is 20.3. The lowest BCUT2D eigenvalue weighted by molar-refractivity contribution is -0.115. The van der Waals surface area contributed by atoms with Crippen molar-refractivity contribution in [3.05, 3.63) is 62.4 Å². The van der Waals surface area contributed by atoms with Crippen molar-refractivity contribution in [1.29, 1.82) is 0 Å². The third-order valence-corrected chi connectivity index (χ3v) is 5.06. The van der Waals surface area contributed by atoms with Gasteiger partial charge in [-0.1, -0.05) is 17.3 Å². The van der Waals surface area contributed by atoms with E-state index in [1.54, 1.807) is 19.2 Å². The molecule has 0 saturated heterocycles. The Morgan fingerprint density at radius 3 is 2.71 bits per heavy atom. The molecule has 8 heteroatoms. The van der Waals surface area contributed by atoms with Crippen LogP contribution in [0.5, 0.6) is 0 Å². The maximum absolute atomic E-state index is 12.3. The van der Waals surface area contributed by atoms with Gasteiger partial charge >= 0.3 is 5.97 Å². The fourth-order valence-electron chi connectivity index (χ4n) is 2.68. The zero-order valence-corrected chi connectivity index (χ0v) is 17.0. The van der Waals surface area contributed by atoms with E-state index in [4.69, 9.17) is 9.26 Å². The Balaban J connectivity index is 1.56. The Kier molecular flexibility index (Phi) is 5.89. The van der Waals surface area contributed by atoms with Crippen LogP contribution in [0.15, 0.2) is 28.1 Å². The molecule has 0 spiro atoms. The predicted octanol–water partition coefficient (Wildman–Crippen LogP) is 3.90. The molecule has 1 N–H and O–H groups in total. The summed E-state index contributed by atoms with van der Waals surface area (Å²) in [5, 5.41) is 9.09. The summed E-state index contributed by atoms with van der Waals surface area (Å²) in [6, 6.07) is 5.91. The Hall–Kier alpha value is -3.00. The smallest absolute Gasteiger partial charge is 0.344 e. The van der Waals surface area contributed by atoms with Gasteiger partial charge in [0.25, 0.3) is 0 Å². The van der Waals surface area contributed by atoms with E-state index < -0.39 is 5.97 Å². The Bertz CT molecular complexity index is 1000. The first-order chi connectivity index (χ1) is 13.3. The number of thiazole rings is 1. The topological polar surface area (TPSA) is 94.3 Å². The molecule has 1 aromatic carbocycles. The molecule has 3 rings (SSSR count). The number of nitrogens with one attached hydrogen (secondary N) is 1. The molecular weight excluding hydrogens is 378 g/mol. The molecule has 7 nitrogen and oxygen atoms in total. The minimum atomic E-state index is -0.501. The lowest BCUT2D eigenvalue weighted by Gasteiger charge is -2.08. The van der Waals surface area contributed by atoms with Crippen molar-refractivity contribution in [1.82, 2.24) is 10.1 Å². The second-order valence-electron chi connectivity index (χ2n) is 6.55. The summed E-state index contributed by atoms with van der Waals surface area (Å²) in [7, 11) is 0. The van der Waals surface area contributed by atoms with Gasteiger partial charge in [0.05, 0.1) is 17.8 Å². The van der Waals surface area contributed by atoms with E-state index in [1.807, 2.05) is 32.0 Å². The number of carbonyl (C=O) groups is 2. The maximum Gasteiger partial charge on any atom is 0.344 e. The van der Waals surface area contributed by atoms with Crippen molar-refractivity contribution in [2.75, 3.05) is 5.32 Å². The average molecular weight is 399 g/mol. The second kappa shape index (κ2) is 8.35. The number of hydrogen-bond donors (Lipinski definition) is 1. The van der Waals surface area contributed by atoms with Crippen molar-refractivity contribution < 1.29 is 18.8 Å². The highest BCUT2D eigenvalue weighted by Crippen LogP contribution is 2.19. The molecule has 0 unspecified atom stereocenters. The summed E-state index contributed by atoms with van der Waals surface area (Å²) in [6.07, 6.45) is 0.163. The highest BCUT2D eigenvalue weighted by molar-refractivity contribution is 7.09. The van der Waals surface area contributed by atoms with Crippen molar-refractivity contribution >= 4 is 28.9 Å². The van der Waals surface area contributed by atoms with Crippen LogP contribution in [-0.4, -0.2) is 22.0 Å². The second-order valence-corrected chi connectivity index (χ2v) is 7.49. The molecule has 0 saturated carbocycles. The van der Waals surface area contributed by atoms with Crippen LogP contribution in [0, 0.1) is 27.7 Å². The fourth-order valence-corrected chi connectivity index (χ4v) is 3.46. The number of carbonyl (C=O) groups excluding carboxylic acids is 2. The summed E-state index contributed by atoms with van der Waals surface area (Å²) in [6.45, 7) is 7.29. The minimum absolute atomic E-state index is 0.0258. The van der Waals surface area contributed by atoms with Gasteiger partial charge in [0.15, 0.2) is 0 Å². The third-order valence-electron chi connectivity index (χ3n) is 4.17. The summed E-state index contributed by atoms with van der Waals surface area (Å²) < 4.78 is 10.3. The molecule has 3 aromatic rings. The molecule has 0 aliphatic carbocycles. The molecule has 0 radical (unpaired) electrons. The number of nitrogens with zero attached hydrogens (tertiary/aromatic N) is 2. The van der Waals surface area contributed by atoms with Crippen LogP contribution in [0.3, 0.4) is 0 Å². The predicted molar refractivity (Wildman–Crippen MR) is 105 cm³/mol. The molecule has 146 valence electrons. The van der Waals surface area contributed by atoms with Crippen LogP contribution in [0.25, 0.3) is 0 Å². The summed E-state index contributed by atoms with van der Waals surface area (Å²) in [5.74, 6) is -0.217. The molecule has 2 heterocycles. The Morgan fingerprint density at radius 1 is 1.21 bits per heavy atom. The summed E-state index contributed by atoms with van der Waals surface area (Å²) in [5.41, 5.74) is 4.31. The van der Waals surface area contributed by atoms with Crippen molar-refractivity contribution in [2.45, 2.75) is 40.7 Å². The summed E-state index contributed by atoms with van der Waals surface area (Å²) in [4.78, 5) is 28.8. The van der Waals surface area contributed by atoms with Crippen molar-refractivity contribution in [2.24, 2.45) is 0 Å². The van der Waals surface area contributed by atoms with Crippen LogP contribution < -0.4 is 5.32 Å². The van der Waals surface area contributed by atoms with Gasteiger partial charge in [0.2, 0.25) is 5.91 Å². The van der Waals surface area contributed by atoms with Gasteiger partial charge in [0, 0.05) is 11.1 Å². The zero-order valence-electron chi connectivity index (χ0n) is 16.2. The van der Waals surface area contributed by atoms with Gasteiger partial charge in [0.1, 0.15) is 22.9 Å². The van der Waals surface area contributed by atoms with E-state index in [0.717, 1.165) is 16.8 Å². The van der Waals surface area contributed by atoms with Gasteiger partial charge < -0.3 is 14.6 Å². The van der Waals surface area contributed by atoms with Gasteiger partial charge in [-0.3, -0.25) is 4.79 Å². The highest BCUT2D eigenvalue weighted by Gasteiger charge is 2.19. The fraction of sp³-hybridized carbons (Fsp3) is 0.300. The molecule has 2 aromatic heterocycles. The lowest BCUT2D eigenvalue weighted by Crippen LogP contribution is -2.15. The van der Waals surface area contributed by atoms with Gasteiger partial charge in [-0.2, -0.15) is 0 Å². The van der Waals surface area contributed by atoms with E-state index in [1.165, 1.54) is 11.3 Å². The number of amides is 1. The van der Waals surface area contributed by atoms with Crippen LogP contribution in [0.2, 0.25) is 0 Å². The standard InChI is InChI=1S/C20H21N3O4S/c1-11-5-6-12(2)16(7-11)22-17(24)8-18-21-15(10-28-18)9-26-20(25)19-13(3)23-27-14(19)4/h5-7,10H,8-9H2,1-4H3,(H,22,24). The number of aromatic nitrogens is 2. The molecule has 0 fully saturated rings. The monoisotopic (exact) mass is 399 g/mol. The van der Waals surface area contributed by atoms with Gasteiger partial charge in [-0.05, 0) is 44.9 Å². The van der Waals surface area contributed by atoms with E-state index >= 15 is 0 Å². The third kappa shape index (κ3) is 4.64. The number of rotatable bonds is 6. The first-order valence-electron chi connectivity index (χ1n) is 8.74. The Labute approximate surface area is 166 Å². The first-order valence-corrected chi connectivity index (χ1v) is 9.62. The first kappa shape index (κ1) is 19.8. The van der Waals surface area contributed by atoms with E-state index in [9.17, 15) is 9.59 Å². The molecule has 28 heavy (non-hydrogen) atoms. The van der Waals surface area contributed by atoms with E-state index in [2.05, 4.69) is 15.5 Å². The SMILES string of the molecule is Cc1ccc(C)c(NC(=O)Cc2nc(COC(=O)c3c(C)noc3C)cs2)c1.